The van der Waals surface area contributed by atoms with E-state index < -0.39 is 12.1 Å². The van der Waals surface area contributed by atoms with Crippen LogP contribution in [0.2, 0.25) is 0 Å². The minimum absolute atomic E-state index is 0.393. The second-order valence-corrected chi connectivity index (χ2v) is 4.40. The number of benzene rings is 2. The fourth-order valence-electron chi connectivity index (χ4n) is 1.82. The van der Waals surface area contributed by atoms with Crippen molar-refractivity contribution in [3.8, 4) is 5.75 Å². The van der Waals surface area contributed by atoms with Crippen LogP contribution in [0.15, 0.2) is 60.7 Å². The molecule has 0 aliphatic rings. The Hall–Kier alpha value is -2.13. The van der Waals surface area contributed by atoms with E-state index in [0.29, 0.717) is 12.4 Å². The first kappa shape index (κ1) is 14.3. The van der Waals surface area contributed by atoms with Crippen molar-refractivity contribution in [2.75, 3.05) is 6.61 Å². The normalized spacial score (nSPS) is 11.8. The lowest BCUT2D eigenvalue weighted by Crippen LogP contribution is -2.21. The smallest absolute Gasteiger partial charge is 0.345 e. The number of hydrogen-bond acceptors (Lipinski definition) is 3. The number of ether oxygens (including phenoxy) is 2. The van der Waals surface area contributed by atoms with Gasteiger partial charge in [0.1, 0.15) is 5.75 Å². The molecule has 20 heavy (non-hydrogen) atoms. The molecule has 0 N–H and O–H groups in total. The van der Waals surface area contributed by atoms with Crippen LogP contribution < -0.4 is 4.74 Å². The van der Waals surface area contributed by atoms with Crippen LogP contribution in [0.5, 0.6) is 5.75 Å². The highest BCUT2D eigenvalue weighted by atomic mass is 16.6. The maximum atomic E-state index is 12.3. The van der Waals surface area contributed by atoms with Crippen LogP contribution in [0.1, 0.15) is 25.0 Å². The predicted molar refractivity (Wildman–Crippen MR) is 77.5 cm³/mol. The Bertz CT molecular complexity index is 522. The van der Waals surface area contributed by atoms with Crippen molar-refractivity contribution < 1.29 is 14.3 Å². The summed E-state index contributed by atoms with van der Waals surface area (Å²) in [5.74, 6) is 0.134. The summed E-state index contributed by atoms with van der Waals surface area (Å²) in [5.41, 5.74) is 0.807. The largest absolute Gasteiger partial charge is 0.424 e. The first-order chi connectivity index (χ1) is 9.81. The molecule has 0 aliphatic heterocycles. The molecule has 0 bridgehead atoms. The summed E-state index contributed by atoms with van der Waals surface area (Å²) in [5, 5.41) is 0. The van der Waals surface area contributed by atoms with Crippen LogP contribution in [0.4, 0.5) is 0 Å². The second kappa shape index (κ2) is 7.46. The van der Waals surface area contributed by atoms with E-state index in [-0.39, 0.29) is 0 Å². The molecule has 0 aromatic heterocycles. The summed E-state index contributed by atoms with van der Waals surface area (Å²) in [7, 11) is 0. The Morgan fingerprint density at radius 2 is 1.60 bits per heavy atom. The van der Waals surface area contributed by atoms with Gasteiger partial charge in [0.2, 0.25) is 0 Å². The van der Waals surface area contributed by atoms with Crippen molar-refractivity contribution in [2.45, 2.75) is 19.4 Å². The summed E-state index contributed by atoms with van der Waals surface area (Å²) >= 11 is 0. The number of esters is 1. The van der Waals surface area contributed by atoms with E-state index in [4.69, 9.17) is 9.47 Å². The molecule has 2 aromatic rings. The standard InChI is InChI=1S/C17H18O3/c1-2-13-19-16(14-9-5-3-6-10-14)17(18)20-15-11-7-4-8-12-15/h3-12,16H,2,13H2,1H3. The topological polar surface area (TPSA) is 35.5 Å². The minimum atomic E-state index is -0.684. The molecular formula is C17H18O3. The van der Waals surface area contributed by atoms with E-state index in [2.05, 4.69) is 0 Å². The van der Waals surface area contributed by atoms with Crippen LogP contribution in [-0.2, 0) is 9.53 Å². The number of rotatable bonds is 6. The summed E-state index contributed by atoms with van der Waals surface area (Å²) in [6.07, 6.45) is 0.165. The van der Waals surface area contributed by atoms with E-state index in [1.165, 1.54) is 0 Å². The molecule has 0 spiro atoms. The summed E-state index contributed by atoms with van der Waals surface area (Å²) in [6, 6.07) is 18.4. The van der Waals surface area contributed by atoms with Gasteiger partial charge in [-0.25, -0.2) is 4.79 Å². The zero-order valence-electron chi connectivity index (χ0n) is 11.5. The highest BCUT2D eigenvalue weighted by molar-refractivity contribution is 5.78. The summed E-state index contributed by atoms with van der Waals surface area (Å²) in [4.78, 5) is 12.3. The molecule has 104 valence electrons. The Balaban J connectivity index is 2.12. The van der Waals surface area contributed by atoms with Gasteiger partial charge in [0, 0.05) is 6.61 Å². The van der Waals surface area contributed by atoms with Crippen LogP contribution in [-0.4, -0.2) is 12.6 Å². The van der Waals surface area contributed by atoms with Crippen molar-refractivity contribution in [1.82, 2.24) is 0 Å². The highest BCUT2D eigenvalue weighted by Crippen LogP contribution is 2.21. The quantitative estimate of drug-likeness (QED) is 0.592. The third-order valence-corrected chi connectivity index (χ3v) is 2.77. The van der Waals surface area contributed by atoms with Gasteiger partial charge >= 0.3 is 5.97 Å². The number of carbonyl (C=O) groups is 1. The van der Waals surface area contributed by atoms with E-state index in [1.807, 2.05) is 55.5 Å². The lowest BCUT2D eigenvalue weighted by molar-refractivity contribution is -0.148. The van der Waals surface area contributed by atoms with E-state index in [9.17, 15) is 4.79 Å². The van der Waals surface area contributed by atoms with Crippen molar-refractivity contribution in [3.63, 3.8) is 0 Å². The summed E-state index contributed by atoms with van der Waals surface area (Å²) in [6.45, 7) is 2.52. The van der Waals surface area contributed by atoms with Gasteiger partial charge in [-0.15, -0.1) is 0 Å². The zero-order chi connectivity index (χ0) is 14.2. The summed E-state index contributed by atoms with van der Waals surface area (Å²) < 4.78 is 11.0. The molecular weight excluding hydrogens is 252 g/mol. The lowest BCUT2D eigenvalue weighted by Gasteiger charge is -2.16. The molecule has 0 saturated carbocycles. The van der Waals surface area contributed by atoms with Gasteiger partial charge in [0.15, 0.2) is 6.10 Å². The van der Waals surface area contributed by atoms with Crippen molar-refractivity contribution in [1.29, 1.82) is 0 Å². The van der Waals surface area contributed by atoms with Gasteiger partial charge in [0.05, 0.1) is 0 Å². The van der Waals surface area contributed by atoms with Gasteiger partial charge in [-0.2, -0.15) is 0 Å². The molecule has 1 unspecified atom stereocenters. The second-order valence-electron chi connectivity index (χ2n) is 4.40. The van der Waals surface area contributed by atoms with Gasteiger partial charge in [0.25, 0.3) is 0 Å². The Morgan fingerprint density at radius 3 is 2.20 bits per heavy atom. The highest BCUT2D eigenvalue weighted by Gasteiger charge is 2.23. The fourth-order valence-corrected chi connectivity index (χ4v) is 1.82. The van der Waals surface area contributed by atoms with Crippen LogP contribution >= 0.6 is 0 Å². The first-order valence-corrected chi connectivity index (χ1v) is 6.74. The van der Waals surface area contributed by atoms with Gasteiger partial charge in [-0.05, 0) is 24.1 Å². The van der Waals surface area contributed by atoms with Crippen molar-refractivity contribution in [2.24, 2.45) is 0 Å². The number of carbonyl (C=O) groups excluding carboxylic acids is 1. The van der Waals surface area contributed by atoms with E-state index in [1.54, 1.807) is 12.1 Å². The fraction of sp³-hybridized carbons (Fsp3) is 0.235. The SMILES string of the molecule is CCCOC(C(=O)Oc1ccccc1)c1ccccc1. The monoisotopic (exact) mass is 270 g/mol. The number of hydrogen-bond donors (Lipinski definition) is 0. The molecule has 0 heterocycles. The van der Waals surface area contributed by atoms with Crippen LogP contribution in [0.3, 0.4) is 0 Å². The molecule has 2 rings (SSSR count). The molecule has 0 radical (unpaired) electrons. The third-order valence-electron chi connectivity index (χ3n) is 2.77. The van der Waals surface area contributed by atoms with Gasteiger partial charge in [-0.1, -0.05) is 55.5 Å². The van der Waals surface area contributed by atoms with Gasteiger partial charge < -0.3 is 9.47 Å². The Kier molecular flexibility index (Phi) is 5.33. The van der Waals surface area contributed by atoms with Crippen molar-refractivity contribution >= 4 is 5.97 Å². The third kappa shape index (κ3) is 3.93. The molecule has 0 fully saturated rings. The minimum Gasteiger partial charge on any atom is -0.424 e. The first-order valence-electron chi connectivity index (χ1n) is 6.74. The van der Waals surface area contributed by atoms with E-state index >= 15 is 0 Å². The maximum Gasteiger partial charge on any atom is 0.345 e. The van der Waals surface area contributed by atoms with Crippen molar-refractivity contribution in [3.05, 3.63) is 66.2 Å². The molecule has 3 heteroatoms. The zero-order valence-corrected chi connectivity index (χ0v) is 11.5. The molecule has 2 aromatic carbocycles. The molecule has 0 saturated heterocycles. The molecule has 0 aliphatic carbocycles. The van der Waals surface area contributed by atoms with Crippen LogP contribution in [0, 0.1) is 0 Å². The van der Waals surface area contributed by atoms with Crippen LogP contribution in [0.25, 0.3) is 0 Å². The molecule has 0 amide bonds. The Morgan fingerprint density at radius 1 is 1.00 bits per heavy atom. The molecule has 3 nitrogen and oxygen atoms in total. The lowest BCUT2D eigenvalue weighted by atomic mass is 10.1. The maximum absolute atomic E-state index is 12.3. The van der Waals surface area contributed by atoms with Gasteiger partial charge in [-0.3, -0.25) is 0 Å². The predicted octanol–water partition coefficient (Wildman–Crippen LogP) is 3.76. The Labute approximate surface area is 119 Å². The average Bonchev–Trinajstić information content (AvgIpc) is 2.50. The average molecular weight is 270 g/mol. The van der Waals surface area contributed by atoms with E-state index in [0.717, 1.165) is 12.0 Å². The molecule has 1 atom stereocenters. The number of para-hydroxylation sites is 1.